The molecule has 2 aromatic rings. The SMILES string of the molecule is Cc1cc(C(=O)NCC2=CCNCC2)c(C)n1-c1cccc(Cl)c1.Cl. The number of carbonyl (C=O) groups is 1. The van der Waals surface area contributed by atoms with Crippen molar-refractivity contribution in [3.63, 3.8) is 0 Å². The highest BCUT2D eigenvalue weighted by molar-refractivity contribution is 6.30. The zero-order valence-electron chi connectivity index (χ0n) is 14.4. The summed E-state index contributed by atoms with van der Waals surface area (Å²) >= 11 is 6.10. The van der Waals surface area contributed by atoms with Crippen LogP contribution in [0.2, 0.25) is 5.02 Å². The topological polar surface area (TPSA) is 46.1 Å². The number of nitrogens with one attached hydrogen (secondary N) is 2. The molecule has 0 radical (unpaired) electrons. The van der Waals surface area contributed by atoms with Crippen molar-refractivity contribution in [2.24, 2.45) is 0 Å². The Bertz CT molecular complexity index is 796. The van der Waals surface area contributed by atoms with E-state index < -0.39 is 0 Å². The molecule has 1 aliphatic heterocycles. The molecule has 0 saturated carbocycles. The van der Waals surface area contributed by atoms with Gasteiger partial charge in [-0.2, -0.15) is 0 Å². The monoisotopic (exact) mass is 379 g/mol. The quantitative estimate of drug-likeness (QED) is 0.793. The Labute approximate surface area is 159 Å². The van der Waals surface area contributed by atoms with Crippen molar-refractivity contribution in [2.45, 2.75) is 20.3 Å². The lowest BCUT2D eigenvalue weighted by Crippen LogP contribution is -2.29. The number of hydrogen-bond acceptors (Lipinski definition) is 2. The minimum absolute atomic E-state index is 0. The number of rotatable bonds is 4. The molecule has 1 amide bonds. The number of aryl methyl sites for hydroxylation is 1. The smallest absolute Gasteiger partial charge is 0.253 e. The van der Waals surface area contributed by atoms with E-state index in [1.807, 2.05) is 44.2 Å². The van der Waals surface area contributed by atoms with Gasteiger partial charge in [-0.15, -0.1) is 12.4 Å². The Kier molecular flexibility index (Phi) is 6.71. The molecule has 0 saturated heterocycles. The van der Waals surface area contributed by atoms with Gasteiger partial charge in [0.25, 0.3) is 5.91 Å². The van der Waals surface area contributed by atoms with Crippen LogP contribution in [0.4, 0.5) is 0 Å². The first-order chi connectivity index (χ1) is 11.6. The van der Waals surface area contributed by atoms with Gasteiger partial charge in [0.05, 0.1) is 5.56 Å². The molecule has 0 fully saturated rings. The van der Waals surface area contributed by atoms with Gasteiger partial charge in [-0.1, -0.05) is 29.3 Å². The van der Waals surface area contributed by atoms with Gasteiger partial charge < -0.3 is 15.2 Å². The summed E-state index contributed by atoms with van der Waals surface area (Å²) in [6.45, 7) is 6.44. The van der Waals surface area contributed by atoms with Crippen LogP contribution in [0.15, 0.2) is 42.0 Å². The van der Waals surface area contributed by atoms with Crippen LogP contribution in [-0.2, 0) is 0 Å². The van der Waals surface area contributed by atoms with Crippen molar-refractivity contribution in [3.8, 4) is 5.69 Å². The second-order valence-corrected chi connectivity index (χ2v) is 6.54. The van der Waals surface area contributed by atoms with E-state index in [2.05, 4.69) is 21.3 Å². The number of amides is 1. The van der Waals surface area contributed by atoms with Crippen LogP contribution in [0, 0.1) is 13.8 Å². The molecule has 3 rings (SSSR count). The van der Waals surface area contributed by atoms with Gasteiger partial charge in [0.1, 0.15) is 0 Å². The number of carbonyl (C=O) groups excluding carboxylic acids is 1. The predicted molar refractivity (Wildman–Crippen MR) is 105 cm³/mol. The van der Waals surface area contributed by atoms with Gasteiger partial charge in [-0.05, 0) is 51.1 Å². The first-order valence-corrected chi connectivity index (χ1v) is 8.56. The Hall–Kier alpha value is -1.75. The van der Waals surface area contributed by atoms with Crippen LogP contribution in [0.1, 0.15) is 28.2 Å². The Morgan fingerprint density at radius 1 is 1.32 bits per heavy atom. The molecule has 0 bridgehead atoms. The zero-order chi connectivity index (χ0) is 17.1. The molecule has 1 aliphatic rings. The van der Waals surface area contributed by atoms with Crippen molar-refractivity contribution in [1.82, 2.24) is 15.2 Å². The molecule has 134 valence electrons. The molecule has 6 heteroatoms. The highest BCUT2D eigenvalue weighted by Gasteiger charge is 2.17. The van der Waals surface area contributed by atoms with Crippen LogP contribution < -0.4 is 10.6 Å². The predicted octanol–water partition coefficient (Wildman–Crippen LogP) is 3.82. The van der Waals surface area contributed by atoms with Gasteiger partial charge in [-0.25, -0.2) is 0 Å². The third-order valence-electron chi connectivity index (χ3n) is 4.38. The number of benzene rings is 1. The summed E-state index contributed by atoms with van der Waals surface area (Å²) in [6, 6.07) is 9.60. The van der Waals surface area contributed by atoms with Crippen molar-refractivity contribution in [2.75, 3.05) is 19.6 Å². The summed E-state index contributed by atoms with van der Waals surface area (Å²) in [6.07, 6.45) is 3.14. The second-order valence-electron chi connectivity index (χ2n) is 6.10. The molecule has 1 aromatic heterocycles. The largest absolute Gasteiger partial charge is 0.348 e. The number of hydrogen-bond donors (Lipinski definition) is 2. The summed E-state index contributed by atoms with van der Waals surface area (Å²) in [7, 11) is 0. The normalized spacial score (nSPS) is 13.8. The van der Waals surface area contributed by atoms with Gasteiger partial charge in [0.2, 0.25) is 0 Å². The van der Waals surface area contributed by atoms with Gasteiger partial charge in [0.15, 0.2) is 0 Å². The average molecular weight is 380 g/mol. The summed E-state index contributed by atoms with van der Waals surface area (Å²) < 4.78 is 2.06. The van der Waals surface area contributed by atoms with E-state index in [0.717, 1.165) is 36.6 Å². The standard InChI is InChI=1S/C19H22ClN3O.ClH/c1-13-10-18(19(24)22-12-15-6-8-21-9-7-15)14(2)23(13)17-5-3-4-16(20)11-17;/h3-6,10-11,21H,7-9,12H2,1-2H3,(H,22,24);1H. The fourth-order valence-corrected chi connectivity index (χ4v) is 3.31. The van der Waals surface area contributed by atoms with E-state index >= 15 is 0 Å². The maximum atomic E-state index is 12.6. The molecule has 0 aliphatic carbocycles. The van der Waals surface area contributed by atoms with Crippen molar-refractivity contribution in [1.29, 1.82) is 0 Å². The summed E-state index contributed by atoms with van der Waals surface area (Å²) in [5.74, 6) is -0.0317. The van der Waals surface area contributed by atoms with Crippen molar-refractivity contribution in [3.05, 3.63) is 64.0 Å². The summed E-state index contributed by atoms with van der Waals surface area (Å²) in [4.78, 5) is 12.6. The molecule has 1 aromatic carbocycles. The van der Waals surface area contributed by atoms with E-state index in [0.29, 0.717) is 17.1 Å². The van der Waals surface area contributed by atoms with E-state index in [1.165, 1.54) is 5.57 Å². The number of aromatic nitrogens is 1. The average Bonchev–Trinajstić information content (AvgIpc) is 2.88. The van der Waals surface area contributed by atoms with Crippen LogP contribution in [0.5, 0.6) is 0 Å². The highest BCUT2D eigenvalue weighted by atomic mass is 35.5. The summed E-state index contributed by atoms with van der Waals surface area (Å²) in [5, 5.41) is 7.00. The lowest BCUT2D eigenvalue weighted by atomic mass is 10.1. The fourth-order valence-electron chi connectivity index (χ4n) is 3.12. The molecule has 2 N–H and O–H groups in total. The zero-order valence-corrected chi connectivity index (χ0v) is 16.0. The fraction of sp³-hybridized carbons (Fsp3) is 0.316. The van der Waals surface area contributed by atoms with E-state index in [-0.39, 0.29) is 18.3 Å². The maximum Gasteiger partial charge on any atom is 0.253 e. The van der Waals surface area contributed by atoms with Crippen LogP contribution in [0.3, 0.4) is 0 Å². The van der Waals surface area contributed by atoms with E-state index in [9.17, 15) is 4.79 Å². The van der Waals surface area contributed by atoms with Crippen LogP contribution in [-0.4, -0.2) is 30.1 Å². The lowest BCUT2D eigenvalue weighted by molar-refractivity contribution is 0.0956. The molecule has 4 nitrogen and oxygen atoms in total. The van der Waals surface area contributed by atoms with Crippen LogP contribution >= 0.6 is 24.0 Å². The molecular formula is C19H23Cl2N3O. The number of halogens is 2. The molecular weight excluding hydrogens is 357 g/mol. The molecule has 25 heavy (non-hydrogen) atoms. The molecule has 0 unspecified atom stereocenters. The lowest BCUT2D eigenvalue weighted by Gasteiger charge is -2.14. The summed E-state index contributed by atoms with van der Waals surface area (Å²) in [5.41, 5.74) is 4.90. The third-order valence-corrected chi connectivity index (χ3v) is 4.61. The van der Waals surface area contributed by atoms with E-state index in [4.69, 9.17) is 11.6 Å². The van der Waals surface area contributed by atoms with Gasteiger partial charge in [0, 0.05) is 35.2 Å². The maximum absolute atomic E-state index is 12.6. The molecule has 0 spiro atoms. The van der Waals surface area contributed by atoms with Gasteiger partial charge >= 0.3 is 0 Å². The third kappa shape index (κ3) is 4.46. The highest BCUT2D eigenvalue weighted by Crippen LogP contribution is 2.23. The Morgan fingerprint density at radius 2 is 2.12 bits per heavy atom. The Balaban J connectivity index is 0.00000225. The van der Waals surface area contributed by atoms with Crippen LogP contribution in [0.25, 0.3) is 5.69 Å². The van der Waals surface area contributed by atoms with Crippen molar-refractivity contribution < 1.29 is 4.79 Å². The number of nitrogens with zero attached hydrogens (tertiary/aromatic N) is 1. The van der Waals surface area contributed by atoms with E-state index in [1.54, 1.807) is 0 Å². The minimum atomic E-state index is -0.0317. The first-order valence-electron chi connectivity index (χ1n) is 8.18. The minimum Gasteiger partial charge on any atom is -0.348 e. The van der Waals surface area contributed by atoms with Crippen molar-refractivity contribution >= 4 is 29.9 Å². The first kappa shape index (κ1) is 19.6. The Morgan fingerprint density at radius 3 is 2.80 bits per heavy atom. The molecule has 0 atom stereocenters. The second kappa shape index (κ2) is 8.56. The van der Waals surface area contributed by atoms with Gasteiger partial charge in [-0.3, -0.25) is 4.79 Å². The molecule has 2 heterocycles.